The van der Waals surface area contributed by atoms with E-state index >= 15 is 0 Å². The van der Waals surface area contributed by atoms with Crippen LogP contribution in [0.4, 0.5) is 0 Å². The molecule has 1 aliphatic heterocycles. The summed E-state index contributed by atoms with van der Waals surface area (Å²) in [4.78, 5) is 0. The number of hydrogen-bond acceptors (Lipinski definition) is 2. The summed E-state index contributed by atoms with van der Waals surface area (Å²) in [5, 5.41) is 0. The Morgan fingerprint density at radius 3 is 2.11 bits per heavy atom. The summed E-state index contributed by atoms with van der Waals surface area (Å²) < 4.78 is 11.5. The van der Waals surface area contributed by atoms with Crippen molar-refractivity contribution >= 4 is 0 Å². The molecule has 2 nitrogen and oxygen atoms in total. The van der Waals surface area contributed by atoms with Gasteiger partial charge in [0, 0.05) is 23.8 Å². The zero-order chi connectivity index (χ0) is 12.8. The van der Waals surface area contributed by atoms with Gasteiger partial charge in [0.25, 0.3) is 0 Å². The van der Waals surface area contributed by atoms with Crippen molar-refractivity contribution in [1.29, 1.82) is 0 Å². The predicted molar refractivity (Wildman–Crippen MR) is 70.4 cm³/mol. The van der Waals surface area contributed by atoms with E-state index in [1.165, 1.54) is 0 Å². The number of ether oxygens (including phenoxy) is 2. The van der Waals surface area contributed by atoms with E-state index in [1.807, 2.05) is 30.3 Å². The van der Waals surface area contributed by atoms with Crippen molar-refractivity contribution in [2.75, 3.05) is 13.2 Å². The molecule has 0 N–H and O–H groups in total. The van der Waals surface area contributed by atoms with E-state index in [2.05, 4.69) is 11.8 Å². The summed E-state index contributed by atoms with van der Waals surface area (Å²) in [6, 6.07) is 9.87. The highest BCUT2D eigenvalue weighted by atomic mass is 16.7. The second kappa shape index (κ2) is 5.74. The third-order valence-corrected chi connectivity index (χ3v) is 3.11. The summed E-state index contributed by atoms with van der Waals surface area (Å²) >= 11 is 0. The maximum absolute atomic E-state index is 5.77. The van der Waals surface area contributed by atoms with Crippen LogP contribution in [0.15, 0.2) is 30.3 Å². The average Bonchev–Trinajstić information content (AvgIpc) is 2.41. The van der Waals surface area contributed by atoms with Crippen LogP contribution in [0, 0.1) is 30.1 Å². The van der Waals surface area contributed by atoms with Gasteiger partial charge in [-0.2, -0.15) is 0 Å². The predicted octanol–water partition coefficient (Wildman–Crippen LogP) is 2.77. The fraction of sp³-hybridized carbons (Fsp3) is 0.375. The van der Waals surface area contributed by atoms with Crippen molar-refractivity contribution in [2.45, 2.75) is 19.1 Å². The van der Waals surface area contributed by atoms with E-state index in [-0.39, 0.29) is 11.7 Å². The number of benzene rings is 1. The number of hydrogen-bond donors (Lipinski definition) is 0. The molecule has 0 atom stereocenters. The molecule has 0 aromatic heterocycles. The molecule has 2 heteroatoms. The standard InChI is InChI=1S/C16H16O2/c1-3-10-16(11-4-2)12-17-15(18-13-16)14-8-6-5-7-9-14/h1-2,5-9,15H,10-13H2. The minimum Gasteiger partial charge on any atom is -0.348 e. The van der Waals surface area contributed by atoms with Gasteiger partial charge in [0.1, 0.15) is 0 Å². The molecular formula is C16H16O2. The first-order valence-corrected chi connectivity index (χ1v) is 5.95. The zero-order valence-electron chi connectivity index (χ0n) is 10.3. The van der Waals surface area contributed by atoms with Gasteiger partial charge < -0.3 is 9.47 Å². The van der Waals surface area contributed by atoms with Gasteiger partial charge in [0.15, 0.2) is 6.29 Å². The summed E-state index contributed by atoms with van der Waals surface area (Å²) in [7, 11) is 0. The van der Waals surface area contributed by atoms with Crippen LogP contribution in [0.3, 0.4) is 0 Å². The van der Waals surface area contributed by atoms with Gasteiger partial charge >= 0.3 is 0 Å². The highest BCUT2D eigenvalue weighted by molar-refractivity contribution is 5.16. The first kappa shape index (κ1) is 12.7. The Bertz CT molecular complexity index is 438. The van der Waals surface area contributed by atoms with Gasteiger partial charge in [-0.1, -0.05) is 30.3 Å². The third-order valence-electron chi connectivity index (χ3n) is 3.11. The SMILES string of the molecule is C#CCC1(CC#C)COC(c2ccccc2)OC1. The van der Waals surface area contributed by atoms with Crippen molar-refractivity contribution in [3.05, 3.63) is 35.9 Å². The maximum atomic E-state index is 5.77. The minimum atomic E-state index is -0.310. The monoisotopic (exact) mass is 240 g/mol. The highest BCUT2D eigenvalue weighted by Crippen LogP contribution is 2.36. The van der Waals surface area contributed by atoms with Crippen LogP contribution in [0.1, 0.15) is 24.7 Å². The molecular weight excluding hydrogens is 224 g/mol. The second-order valence-electron chi connectivity index (χ2n) is 4.63. The minimum absolute atomic E-state index is 0.227. The van der Waals surface area contributed by atoms with Gasteiger partial charge in [-0.05, 0) is 0 Å². The average molecular weight is 240 g/mol. The van der Waals surface area contributed by atoms with Crippen LogP contribution >= 0.6 is 0 Å². The molecule has 0 spiro atoms. The molecule has 0 radical (unpaired) electrons. The Morgan fingerprint density at radius 2 is 1.61 bits per heavy atom. The van der Waals surface area contributed by atoms with E-state index < -0.39 is 0 Å². The van der Waals surface area contributed by atoms with Crippen molar-refractivity contribution in [3.63, 3.8) is 0 Å². The van der Waals surface area contributed by atoms with Crippen molar-refractivity contribution < 1.29 is 9.47 Å². The molecule has 0 aliphatic carbocycles. The summed E-state index contributed by atoms with van der Waals surface area (Å²) in [5.74, 6) is 5.32. The Hall–Kier alpha value is -1.74. The molecule has 2 rings (SSSR count). The molecule has 1 aliphatic rings. The lowest BCUT2D eigenvalue weighted by atomic mass is 9.82. The highest BCUT2D eigenvalue weighted by Gasteiger charge is 2.36. The maximum Gasteiger partial charge on any atom is 0.183 e. The van der Waals surface area contributed by atoms with Crippen LogP contribution in [0.2, 0.25) is 0 Å². The van der Waals surface area contributed by atoms with Crippen molar-refractivity contribution in [3.8, 4) is 24.7 Å². The third kappa shape index (κ3) is 2.74. The lowest BCUT2D eigenvalue weighted by Gasteiger charge is -2.38. The number of rotatable bonds is 3. The Labute approximate surface area is 108 Å². The van der Waals surface area contributed by atoms with Crippen LogP contribution < -0.4 is 0 Å². The Kier molecular flexibility index (Phi) is 4.05. The van der Waals surface area contributed by atoms with E-state index in [1.54, 1.807) is 0 Å². The summed E-state index contributed by atoms with van der Waals surface area (Å²) in [6.45, 7) is 1.09. The fourth-order valence-corrected chi connectivity index (χ4v) is 2.10. The van der Waals surface area contributed by atoms with Gasteiger partial charge in [-0.15, -0.1) is 24.7 Å². The molecule has 0 unspecified atom stereocenters. The van der Waals surface area contributed by atoms with Gasteiger partial charge in [-0.25, -0.2) is 0 Å². The zero-order valence-corrected chi connectivity index (χ0v) is 10.3. The molecule has 1 heterocycles. The molecule has 1 fully saturated rings. The molecule has 0 saturated carbocycles. The smallest absolute Gasteiger partial charge is 0.183 e. The van der Waals surface area contributed by atoms with E-state index in [0.717, 1.165) is 5.56 Å². The fourth-order valence-electron chi connectivity index (χ4n) is 2.10. The second-order valence-corrected chi connectivity index (χ2v) is 4.63. The van der Waals surface area contributed by atoms with Crippen LogP contribution in [0.25, 0.3) is 0 Å². The lowest BCUT2D eigenvalue weighted by Crippen LogP contribution is -2.38. The largest absolute Gasteiger partial charge is 0.348 e. The quantitative estimate of drug-likeness (QED) is 0.756. The molecule has 18 heavy (non-hydrogen) atoms. The molecule has 0 bridgehead atoms. The van der Waals surface area contributed by atoms with E-state index in [0.29, 0.717) is 26.1 Å². The molecule has 1 aromatic carbocycles. The first-order chi connectivity index (χ1) is 8.79. The van der Waals surface area contributed by atoms with Crippen molar-refractivity contribution in [2.24, 2.45) is 5.41 Å². The lowest BCUT2D eigenvalue weighted by molar-refractivity contribution is -0.232. The normalized spacial score (nSPS) is 18.8. The van der Waals surface area contributed by atoms with Crippen molar-refractivity contribution in [1.82, 2.24) is 0 Å². The van der Waals surface area contributed by atoms with Crippen LogP contribution in [0.5, 0.6) is 0 Å². The first-order valence-electron chi connectivity index (χ1n) is 5.95. The van der Waals surface area contributed by atoms with Gasteiger partial charge in [0.05, 0.1) is 13.2 Å². The molecule has 1 aromatic rings. The van der Waals surface area contributed by atoms with Gasteiger partial charge in [-0.3, -0.25) is 0 Å². The topological polar surface area (TPSA) is 18.5 Å². The van der Waals surface area contributed by atoms with Crippen LogP contribution in [-0.4, -0.2) is 13.2 Å². The Morgan fingerprint density at radius 1 is 1.06 bits per heavy atom. The molecule has 92 valence electrons. The molecule has 0 amide bonds. The Balaban J connectivity index is 2.03. The summed E-state index contributed by atoms with van der Waals surface area (Å²) in [5.41, 5.74) is 0.793. The molecule has 1 saturated heterocycles. The summed E-state index contributed by atoms with van der Waals surface area (Å²) in [6.07, 6.45) is 11.6. The van der Waals surface area contributed by atoms with Crippen LogP contribution in [-0.2, 0) is 9.47 Å². The van der Waals surface area contributed by atoms with Gasteiger partial charge in [0.2, 0.25) is 0 Å². The van der Waals surface area contributed by atoms with E-state index in [9.17, 15) is 0 Å². The van der Waals surface area contributed by atoms with E-state index in [4.69, 9.17) is 22.3 Å². The number of terminal acetylenes is 2.